The number of aromatic nitrogens is 2. The van der Waals surface area contributed by atoms with E-state index in [0.717, 1.165) is 11.4 Å². The number of ether oxygens (including phenoxy) is 1. The number of rotatable bonds is 1. The van der Waals surface area contributed by atoms with Gasteiger partial charge in [0.05, 0.1) is 24.0 Å². The van der Waals surface area contributed by atoms with Crippen LogP contribution in [0.3, 0.4) is 0 Å². The van der Waals surface area contributed by atoms with E-state index in [2.05, 4.69) is 10.2 Å². The van der Waals surface area contributed by atoms with Crippen LogP contribution in [0.4, 0.5) is 0 Å². The van der Waals surface area contributed by atoms with Crippen molar-refractivity contribution in [1.29, 1.82) is 0 Å². The summed E-state index contributed by atoms with van der Waals surface area (Å²) in [6, 6.07) is 0. The van der Waals surface area contributed by atoms with E-state index in [1.165, 1.54) is 0 Å². The van der Waals surface area contributed by atoms with E-state index in [0.29, 0.717) is 25.3 Å². The van der Waals surface area contributed by atoms with Gasteiger partial charge in [-0.1, -0.05) is 0 Å². The fourth-order valence-electron chi connectivity index (χ4n) is 2.03. The van der Waals surface area contributed by atoms with Crippen LogP contribution in [-0.2, 0) is 4.74 Å². The number of nitrogens with one attached hydrogen (secondary N) is 1. The van der Waals surface area contributed by atoms with Crippen LogP contribution in [0.1, 0.15) is 28.7 Å². The third-order valence-corrected chi connectivity index (χ3v) is 2.87. The van der Waals surface area contributed by atoms with Gasteiger partial charge in [0.15, 0.2) is 0 Å². The predicted octanol–water partition coefficient (Wildman–Crippen LogP) is 0.887. The van der Waals surface area contributed by atoms with Gasteiger partial charge in [-0.05, 0) is 20.8 Å². The average molecular weight is 223 g/mol. The van der Waals surface area contributed by atoms with Gasteiger partial charge in [0.1, 0.15) is 0 Å². The minimum atomic E-state index is 0.0545. The van der Waals surface area contributed by atoms with Crippen molar-refractivity contribution >= 4 is 5.91 Å². The second kappa shape index (κ2) is 4.25. The first-order valence-electron chi connectivity index (χ1n) is 5.52. The molecule has 1 fully saturated rings. The maximum Gasteiger partial charge on any atom is 0.257 e. The molecular formula is C11H17N3O2. The van der Waals surface area contributed by atoms with E-state index in [4.69, 9.17) is 4.74 Å². The van der Waals surface area contributed by atoms with E-state index in [-0.39, 0.29) is 12.0 Å². The van der Waals surface area contributed by atoms with Crippen molar-refractivity contribution in [2.24, 2.45) is 0 Å². The van der Waals surface area contributed by atoms with Gasteiger partial charge < -0.3 is 9.64 Å². The Morgan fingerprint density at radius 1 is 1.56 bits per heavy atom. The molecule has 0 aromatic carbocycles. The first-order chi connectivity index (χ1) is 7.59. The van der Waals surface area contributed by atoms with Gasteiger partial charge in [0.2, 0.25) is 0 Å². The summed E-state index contributed by atoms with van der Waals surface area (Å²) in [6.45, 7) is 7.63. The number of hydrogen-bond donors (Lipinski definition) is 1. The molecule has 16 heavy (non-hydrogen) atoms. The Balaban J connectivity index is 2.18. The summed E-state index contributed by atoms with van der Waals surface area (Å²) < 4.78 is 5.42. The Morgan fingerprint density at radius 2 is 2.31 bits per heavy atom. The highest BCUT2D eigenvalue weighted by molar-refractivity contribution is 5.96. The second-order valence-electron chi connectivity index (χ2n) is 4.24. The number of aromatic amines is 1. The van der Waals surface area contributed by atoms with Gasteiger partial charge in [-0.25, -0.2) is 0 Å². The Bertz CT molecular complexity index is 380. The van der Waals surface area contributed by atoms with Gasteiger partial charge in [0, 0.05) is 18.8 Å². The smallest absolute Gasteiger partial charge is 0.257 e. The molecule has 5 heteroatoms. The number of amides is 1. The molecule has 2 rings (SSSR count). The first kappa shape index (κ1) is 11.1. The second-order valence-corrected chi connectivity index (χ2v) is 4.24. The summed E-state index contributed by atoms with van der Waals surface area (Å²) in [4.78, 5) is 14.1. The molecule has 0 saturated carbocycles. The summed E-state index contributed by atoms with van der Waals surface area (Å²) in [5.74, 6) is 0.0545. The number of aryl methyl sites for hydroxylation is 2. The molecule has 1 aromatic rings. The Morgan fingerprint density at radius 3 is 2.88 bits per heavy atom. The summed E-state index contributed by atoms with van der Waals surface area (Å²) in [6.07, 6.45) is 0.116. The molecule has 1 N–H and O–H groups in total. The zero-order chi connectivity index (χ0) is 11.7. The van der Waals surface area contributed by atoms with Crippen molar-refractivity contribution in [2.45, 2.75) is 26.9 Å². The lowest BCUT2D eigenvalue weighted by Crippen LogP contribution is -2.44. The lowest BCUT2D eigenvalue weighted by Gasteiger charge is -2.31. The Labute approximate surface area is 94.8 Å². The van der Waals surface area contributed by atoms with Crippen molar-refractivity contribution in [3.63, 3.8) is 0 Å². The molecule has 1 atom stereocenters. The van der Waals surface area contributed by atoms with Gasteiger partial charge in [-0.3, -0.25) is 9.89 Å². The van der Waals surface area contributed by atoms with Crippen LogP contribution in [0.15, 0.2) is 0 Å². The van der Waals surface area contributed by atoms with E-state index in [1.807, 2.05) is 25.7 Å². The fraction of sp³-hybridized carbons (Fsp3) is 0.636. The molecule has 1 aliphatic heterocycles. The molecule has 88 valence electrons. The molecule has 0 spiro atoms. The molecule has 1 amide bonds. The standard InChI is InChI=1S/C11H17N3O2/c1-7-6-14(4-5-16-7)11(15)10-8(2)12-13-9(10)3/h7H,4-6H2,1-3H3,(H,12,13). The van der Waals surface area contributed by atoms with Crippen molar-refractivity contribution in [3.05, 3.63) is 17.0 Å². The number of H-pyrrole nitrogens is 1. The van der Waals surface area contributed by atoms with Crippen molar-refractivity contribution < 1.29 is 9.53 Å². The van der Waals surface area contributed by atoms with Gasteiger partial charge in [-0.15, -0.1) is 0 Å². The van der Waals surface area contributed by atoms with Crippen molar-refractivity contribution in [2.75, 3.05) is 19.7 Å². The molecule has 5 nitrogen and oxygen atoms in total. The van der Waals surface area contributed by atoms with Crippen molar-refractivity contribution in [1.82, 2.24) is 15.1 Å². The monoisotopic (exact) mass is 223 g/mol. The third-order valence-electron chi connectivity index (χ3n) is 2.87. The largest absolute Gasteiger partial charge is 0.375 e. The minimum Gasteiger partial charge on any atom is -0.375 e. The molecule has 0 radical (unpaired) electrons. The fourth-order valence-corrected chi connectivity index (χ4v) is 2.03. The zero-order valence-corrected chi connectivity index (χ0v) is 9.91. The lowest BCUT2D eigenvalue weighted by molar-refractivity contribution is -0.0124. The van der Waals surface area contributed by atoms with Crippen LogP contribution >= 0.6 is 0 Å². The molecule has 1 aromatic heterocycles. The number of carbonyl (C=O) groups is 1. The van der Waals surface area contributed by atoms with E-state index in [1.54, 1.807) is 0 Å². The summed E-state index contributed by atoms with van der Waals surface area (Å²) in [7, 11) is 0. The van der Waals surface area contributed by atoms with Crippen LogP contribution in [0.2, 0.25) is 0 Å². The molecule has 1 saturated heterocycles. The lowest BCUT2D eigenvalue weighted by atomic mass is 10.1. The van der Waals surface area contributed by atoms with Crippen LogP contribution in [0.25, 0.3) is 0 Å². The highest BCUT2D eigenvalue weighted by Gasteiger charge is 2.25. The van der Waals surface area contributed by atoms with Gasteiger partial charge in [-0.2, -0.15) is 5.10 Å². The molecule has 0 aliphatic carbocycles. The highest BCUT2D eigenvalue weighted by Crippen LogP contribution is 2.15. The summed E-state index contributed by atoms with van der Waals surface area (Å²) >= 11 is 0. The minimum absolute atomic E-state index is 0.0545. The zero-order valence-electron chi connectivity index (χ0n) is 9.91. The molecule has 0 bridgehead atoms. The topological polar surface area (TPSA) is 58.2 Å². The average Bonchev–Trinajstić information content (AvgIpc) is 2.58. The van der Waals surface area contributed by atoms with Crippen LogP contribution < -0.4 is 0 Å². The quantitative estimate of drug-likeness (QED) is 0.769. The normalized spacial score (nSPS) is 21.2. The summed E-state index contributed by atoms with van der Waals surface area (Å²) in [5.41, 5.74) is 2.30. The number of carbonyl (C=O) groups excluding carboxylic acids is 1. The molecular weight excluding hydrogens is 206 g/mol. The predicted molar refractivity (Wildman–Crippen MR) is 59.4 cm³/mol. The SMILES string of the molecule is Cc1n[nH]c(C)c1C(=O)N1CCOC(C)C1. The van der Waals surface area contributed by atoms with E-state index in [9.17, 15) is 4.79 Å². The van der Waals surface area contributed by atoms with Crippen LogP contribution in [0.5, 0.6) is 0 Å². The highest BCUT2D eigenvalue weighted by atomic mass is 16.5. The van der Waals surface area contributed by atoms with Crippen LogP contribution in [-0.4, -0.2) is 46.8 Å². The van der Waals surface area contributed by atoms with E-state index >= 15 is 0 Å². The number of nitrogens with zero attached hydrogens (tertiary/aromatic N) is 2. The van der Waals surface area contributed by atoms with Gasteiger partial charge >= 0.3 is 0 Å². The molecule has 2 heterocycles. The van der Waals surface area contributed by atoms with Crippen LogP contribution in [0, 0.1) is 13.8 Å². The van der Waals surface area contributed by atoms with E-state index < -0.39 is 0 Å². The third kappa shape index (κ3) is 1.95. The Hall–Kier alpha value is -1.36. The Kier molecular flexibility index (Phi) is 2.96. The van der Waals surface area contributed by atoms with Crippen molar-refractivity contribution in [3.8, 4) is 0 Å². The maximum atomic E-state index is 12.3. The number of morpholine rings is 1. The van der Waals surface area contributed by atoms with Gasteiger partial charge in [0.25, 0.3) is 5.91 Å². The molecule has 1 aliphatic rings. The molecule has 1 unspecified atom stereocenters. The maximum absolute atomic E-state index is 12.3. The first-order valence-corrected chi connectivity index (χ1v) is 5.52. The summed E-state index contributed by atoms with van der Waals surface area (Å²) in [5, 5.41) is 6.89. The number of hydrogen-bond acceptors (Lipinski definition) is 3.